The van der Waals surface area contributed by atoms with Crippen molar-refractivity contribution in [1.82, 2.24) is 24.8 Å². The zero-order valence-electron chi connectivity index (χ0n) is 11.9. The summed E-state index contributed by atoms with van der Waals surface area (Å²) >= 11 is 0. The number of benzene rings is 1. The van der Waals surface area contributed by atoms with Gasteiger partial charge in [0.2, 0.25) is 0 Å². The van der Waals surface area contributed by atoms with Crippen molar-refractivity contribution in [2.24, 2.45) is 5.16 Å². The standard InChI is InChI=1S/C15H12N6O/c1-3-8-22-20-13-11-7-5-4-6-10(11)12-14(13)16-15-18-17-9(2)21(15)19-12/h3-7H,1,8H2,2H3/b20-13+. The van der Waals surface area contributed by atoms with E-state index < -0.39 is 0 Å². The van der Waals surface area contributed by atoms with E-state index >= 15 is 0 Å². The van der Waals surface area contributed by atoms with Gasteiger partial charge in [-0.25, -0.2) is 4.98 Å². The van der Waals surface area contributed by atoms with Crippen LogP contribution >= 0.6 is 0 Å². The Morgan fingerprint density at radius 2 is 2.05 bits per heavy atom. The normalized spacial score (nSPS) is 14.1. The predicted octanol–water partition coefficient (Wildman–Crippen LogP) is 1.76. The van der Waals surface area contributed by atoms with Gasteiger partial charge in [-0.2, -0.15) is 9.61 Å². The van der Waals surface area contributed by atoms with Crippen LogP contribution in [-0.2, 0) is 4.84 Å². The average Bonchev–Trinajstić information content (AvgIpc) is 3.05. The van der Waals surface area contributed by atoms with E-state index in [4.69, 9.17) is 4.84 Å². The Morgan fingerprint density at radius 1 is 1.23 bits per heavy atom. The Bertz CT molecular complexity index is 927. The number of hydrogen-bond acceptors (Lipinski definition) is 6. The summed E-state index contributed by atoms with van der Waals surface area (Å²) in [6.45, 7) is 5.78. The van der Waals surface area contributed by atoms with Gasteiger partial charge >= 0.3 is 0 Å². The highest BCUT2D eigenvalue weighted by Gasteiger charge is 2.30. The van der Waals surface area contributed by atoms with Crippen molar-refractivity contribution >= 4 is 11.5 Å². The topological polar surface area (TPSA) is 77.6 Å². The molecule has 0 N–H and O–H groups in total. The van der Waals surface area contributed by atoms with Gasteiger partial charge in [-0.1, -0.05) is 42.1 Å². The third-order valence-corrected chi connectivity index (χ3v) is 3.43. The van der Waals surface area contributed by atoms with Crippen LogP contribution in [0.4, 0.5) is 0 Å². The number of aryl methyl sites for hydroxylation is 1. The van der Waals surface area contributed by atoms with E-state index in [0.717, 1.165) is 16.8 Å². The maximum atomic E-state index is 5.26. The van der Waals surface area contributed by atoms with Crippen LogP contribution in [0.25, 0.3) is 17.0 Å². The molecule has 1 aliphatic rings. The number of aromatic nitrogens is 5. The first-order valence-electron chi connectivity index (χ1n) is 6.80. The molecule has 4 rings (SSSR count). The van der Waals surface area contributed by atoms with Crippen molar-refractivity contribution in [3.63, 3.8) is 0 Å². The van der Waals surface area contributed by atoms with Crippen LogP contribution in [-0.4, -0.2) is 37.1 Å². The summed E-state index contributed by atoms with van der Waals surface area (Å²) in [5.41, 5.74) is 3.99. The quantitative estimate of drug-likeness (QED) is 0.327. The fraction of sp³-hybridized carbons (Fsp3) is 0.133. The van der Waals surface area contributed by atoms with Crippen molar-refractivity contribution in [1.29, 1.82) is 0 Å². The molecule has 0 radical (unpaired) electrons. The van der Waals surface area contributed by atoms with E-state index in [9.17, 15) is 0 Å². The third-order valence-electron chi connectivity index (χ3n) is 3.43. The lowest BCUT2D eigenvalue weighted by Crippen LogP contribution is -2.06. The first-order chi connectivity index (χ1) is 10.8. The molecular formula is C15H12N6O. The lowest BCUT2D eigenvalue weighted by atomic mass is 10.1. The first-order valence-corrected chi connectivity index (χ1v) is 6.80. The van der Waals surface area contributed by atoms with Gasteiger partial charge in [-0.15, -0.1) is 10.2 Å². The molecule has 22 heavy (non-hydrogen) atoms. The molecule has 2 aromatic heterocycles. The smallest absolute Gasteiger partial charge is 0.272 e. The van der Waals surface area contributed by atoms with Crippen LogP contribution in [0.15, 0.2) is 42.1 Å². The second-order valence-corrected chi connectivity index (χ2v) is 4.84. The van der Waals surface area contributed by atoms with Crippen LogP contribution < -0.4 is 0 Å². The van der Waals surface area contributed by atoms with Gasteiger partial charge in [0, 0.05) is 11.1 Å². The molecule has 108 valence electrons. The van der Waals surface area contributed by atoms with E-state index in [-0.39, 0.29) is 0 Å². The molecule has 1 aliphatic carbocycles. The van der Waals surface area contributed by atoms with Crippen LogP contribution in [0.5, 0.6) is 0 Å². The number of fused-ring (bicyclic) bond motifs is 4. The number of rotatable bonds is 3. The summed E-state index contributed by atoms with van der Waals surface area (Å²) in [6, 6.07) is 7.87. The monoisotopic (exact) mass is 292 g/mol. The predicted molar refractivity (Wildman–Crippen MR) is 80.5 cm³/mol. The number of hydrogen-bond donors (Lipinski definition) is 0. The van der Waals surface area contributed by atoms with Crippen molar-refractivity contribution in [2.45, 2.75) is 6.92 Å². The molecule has 1 aromatic carbocycles. The molecule has 0 amide bonds. The van der Waals surface area contributed by atoms with Gasteiger partial charge in [0.15, 0.2) is 5.82 Å². The van der Waals surface area contributed by atoms with Crippen molar-refractivity contribution < 1.29 is 4.84 Å². The summed E-state index contributed by atoms with van der Waals surface area (Å²) in [6.07, 6.45) is 1.64. The van der Waals surface area contributed by atoms with Crippen LogP contribution in [0.2, 0.25) is 0 Å². The molecule has 0 spiro atoms. The molecule has 7 heteroatoms. The minimum atomic E-state index is 0.334. The molecule has 0 bridgehead atoms. The molecule has 0 saturated carbocycles. The Labute approximate surface area is 126 Å². The van der Waals surface area contributed by atoms with Crippen molar-refractivity contribution in [2.75, 3.05) is 6.61 Å². The van der Waals surface area contributed by atoms with Crippen LogP contribution in [0, 0.1) is 6.92 Å². The summed E-state index contributed by atoms with van der Waals surface area (Å²) in [5, 5.41) is 16.8. The van der Waals surface area contributed by atoms with E-state index in [0.29, 0.717) is 29.6 Å². The van der Waals surface area contributed by atoms with Crippen LogP contribution in [0.3, 0.4) is 0 Å². The molecule has 2 heterocycles. The Morgan fingerprint density at radius 3 is 2.86 bits per heavy atom. The fourth-order valence-electron chi connectivity index (χ4n) is 2.45. The minimum Gasteiger partial charge on any atom is -0.391 e. The molecule has 7 nitrogen and oxygen atoms in total. The van der Waals surface area contributed by atoms with Gasteiger partial charge in [0.05, 0.1) is 0 Å². The maximum Gasteiger partial charge on any atom is 0.272 e. The second kappa shape index (κ2) is 4.73. The van der Waals surface area contributed by atoms with Gasteiger partial charge in [-0.05, 0) is 6.92 Å². The highest BCUT2D eigenvalue weighted by atomic mass is 16.6. The highest BCUT2D eigenvalue weighted by Crippen LogP contribution is 2.34. The molecule has 0 saturated heterocycles. The fourth-order valence-corrected chi connectivity index (χ4v) is 2.45. The Balaban J connectivity index is 1.98. The Kier molecular flexibility index (Phi) is 2.72. The van der Waals surface area contributed by atoms with Gasteiger partial charge < -0.3 is 4.84 Å². The van der Waals surface area contributed by atoms with E-state index in [1.807, 2.05) is 31.2 Å². The third kappa shape index (κ3) is 1.72. The van der Waals surface area contributed by atoms with Crippen LogP contribution in [0.1, 0.15) is 17.1 Å². The molecule has 0 aliphatic heterocycles. The van der Waals surface area contributed by atoms with E-state index in [1.165, 1.54) is 0 Å². The molecule has 0 unspecified atom stereocenters. The Hall–Kier alpha value is -3.09. The molecule has 0 fully saturated rings. The zero-order chi connectivity index (χ0) is 15.1. The number of nitrogens with zero attached hydrogens (tertiary/aromatic N) is 6. The number of oxime groups is 1. The lowest BCUT2D eigenvalue weighted by Gasteiger charge is -2.00. The summed E-state index contributed by atoms with van der Waals surface area (Å²) < 4.78 is 1.63. The minimum absolute atomic E-state index is 0.334. The maximum absolute atomic E-state index is 5.26. The zero-order valence-corrected chi connectivity index (χ0v) is 11.9. The molecule has 3 aromatic rings. The van der Waals surface area contributed by atoms with Crippen molar-refractivity contribution in [3.8, 4) is 11.3 Å². The summed E-state index contributed by atoms with van der Waals surface area (Å²) in [4.78, 5) is 9.80. The van der Waals surface area contributed by atoms with Gasteiger partial charge in [0.25, 0.3) is 5.78 Å². The van der Waals surface area contributed by atoms with E-state index in [2.05, 4.69) is 32.0 Å². The van der Waals surface area contributed by atoms with E-state index in [1.54, 1.807) is 10.6 Å². The largest absolute Gasteiger partial charge is 0.391 e. The second-order valence-electron chi connectivity index (χ2n) is 4.84. The summed E-state index contributed by atoms with van der Waals surface area (Å²) in [7, 11) is 0. The SMILES string of the molecule is C=CCO/N=C1\c2ccccc2-c2nn3c(C)nnc3nc21. The molecule has 0 atom stereocenters. The van der Waals surface area contributed by atoms with Crippen molar-refractivity contribution in [3.05, 3.63) is 54.0 Å². The molecular weight excluding hydrogens is 280 g/mol. The van der Waals surface area contributed by atoms with Gasteiger partial charge in [-0.3, -0.25) is 0 Å². The summed E-state index contributed by atoms with van der Waals surface area (Å²) in [5.74, 6) is 1.14. The first kappa shape index (κ1) is 12.6. The average molecular weight is 292 g/mol. The lowest BCUT2D eigenvalue weighted by molar-refractivity contribution is 0.175. The highest BCUT2D eigenvalue weighted by molar-refractivity contribution is 6.22. The van der Waals surface area contributed by atoms with Gasteiger partial charge in [0.1, 0.15) is 23.7 Å².